The van der Waals surface area contributed by atoms with Gasteiger partial charge in [0.25, 0.3) is 0 Å². The van der Waals surface area contributed by atoms with E-state index in [1.54, 1.807) is 0 Å². The quantitative estimate of drug-likeness (QED) is 0.814. The fraction of sp³-hybridized carbons (Fsp3) is 0.875. The number of amides is 1. The minimum Gasteiger partial charge on any atom is -0.481 e. The molecule has 0 aromatic carbocycles. The molecule has 2 rings (SSSR count). The van der Waals surface area contributed by atoms with Crippen molar-refractivity contribution in [1.29, 1.82) is 0 Å². The van der Waals surface area contributed by atoms with E-state index in [4.69, 9.17) is 0 Å². The SMILES string of the molecule is CC(C)CN(C(=O)CC1(C(=O)O)CCCCC1)C1CC1. The van der Waals surface area contributed by atoms with E-state index in [0.29, 0.717) is 24.8 Å². The highest BCUT2D eigenvalue weighted by Crippen LogP contribution is 2.41. The van der Waals surface area contributed by atoms with Crippen LogP contribution >= 0.6 is 0 Å². The molecule has 114 valence electrons. The molecule has 20 heavy (non-hydrogen) atoms. The fourth-order valence-corrected chi connectivity index (χ4v) is 3.32. The first-order chi connectivity index (χ1) is 9.44. The Labute approximate surface area is 121 Å². The predicted molar refractivity (Wildman–Crippen MR) is 77.3 cm³/mol. The van der Waals surface area contributed by atoms with Gasteiger partial charge in [-0.15, -0.1) is 0 Å². The summed E-state index contributed by atoms with van der Waals surface area (Å²) in [6, 6.07) is 0.374. The number of carboxylic acid groups (broad SMARTS) is 1. The zero-order valence-corrected chi connectivity index (χ0v) is 12.7. The number of carbonyl (C=O) groups excluding carboxylic acids is 1. The fourth-order valence-electron chi connectivity index (χ4n) is 3.32. The predicted octanol–water partition coefficient (Wildman–Crippen LogP) is 3.06. The number of hydrogen-bond acceptors (Lipinski definition) is 2. The van der Waals surface area contributed by atoms with Crippen LogP contribution in [0.3, 0.4) is 0 Å². The molecule has 0 aromatic rings. The molecular formula is C16H27NO3. The van der Waals surface area contributed by atoms with Crippen LogP contribution in [0.15, 0.2) is 0 Å². The van der Waals surface area contributed by atoms with Crippen molar-refractivity contribution in [3.63, 3.8) is 0 Å². The van der Waals surface area contributed by atoms with Gasteiger partial charge in [0.15, 0.2) is 0 Å². The molecule has 1 amide bonds. The molecule has 1 N–H and O–H groups in total. The Morgan fingerprint density at radius 1 is 1.20 bits per heavy atom. The number of carboxylic acids is 1. The molecule has 0 spiro atoms. The van der Waals surface area contributed by atoms with E-state index in [-0.39, 0.29) is 12.3 Å². The lowest BCUT2D eigenvalue weighted by Crippen LogP contribution is -2.43. The zero-order chi connectivity index (χ0) is 14.8. The van der Waals surface area contributed by atoms with E-state index < -0.39 is 11.4 Å². The van der Waals surface area contributed by atoms with E-state index in [0.717, 1.165) is 38.6 Å². The summed E-state index contributed by atoms with van der Waals surface area (Å²) in [5.74, 6) is -0.275. The molecule has 0 aromatic heterocycles. The molecular weight excluding hydrogens is 254 g/mol. The van der Waals surface area contributed by atoms with Crippen molar-refractivity contribution < 1.29 is 14.7 Å². The van der Waals surface area contributed by atoms with E-state index in [1.807, 2.05) is 4.90 Å². The molecule has 2 saturated carbocycles. The topological polar surface area (TPSA) is 57.6 Å². The van der Waals surface area contributed by atoms with Crippen LogP contribution in [0.25, 0.3) is 0 Å². The van der Waals surface area contributed by atoms with Gasteiger partial charge in [-0.25, -0.2) is 0 Å². The number of nitrogens with zero attached hydrogens (tertiary/aromatic N) is 1. The minimum atomic E-state index is -0.792. The average Bonchev–Trinajstić information content (AvgIpc) is 3.20. The number of hydrogen-bond donors (Lipinski definition) is 1. The summed E-state index contributed by atoms with van der Waals surface area (Å²) in [7, 11) is 0. The summed E-state index contributed by atoms with van der Waals surface area (Å²) in [6.45, 7) is 4.98. The third-order valence-corrected chi connectivity index (χ3v) is 4.62. The molecule has 2 aliphatic carbocycles. The van der Waals surface area contributed by atoms with Crippen LogP contribution in [-0.2, 0) is 9.59 Å². The van der Waals surface area contributed by atoms with Crippen LogP contribution in [0.1, 0.15) is 65.2 Å². The summed E-state index contributed by atoms with van der Waals surface area (Å²) >= 11 is 0. The first-order valence-electron chi connectivity index (χ1n) is 7.97. The summed E-state index contributed by atoms with van der Waals surface area (Å²) in [5.41, 5.74) is -0.792. The molecule has 0 aliphatic heterocycles. The van der Waals surface area contributed by atoms with Gasteiger partial charge in [-0.3, -0.25) is 9.59 Å². The second kappa shape index (κ2) is 6.15. The molecule has 0 radical (unpaired) electrons. The third kappa shape index (κ3) is 3.53. The van der Waals surface area contributed by atoms with Gasteiger partial charge >= 0.3 is 5.97 Å². The minimum absolute atomic E-state index is 0.0606. The first-order valence-corrected chi connectivity index (χ1v) is 7.97. The summed E-state index contributed by atoms with van der Waals surface area (Å²) in [5, 5.41) is 9.58. The molecule has 0 saturated heterocycles. The highest BCUT2D eigenvalue weighted by atomic mass is 16.4. The van der Waals surface area contributed by atoms with Crippen molar-refractivity contribution in [2.24, 2.45) is 11.3 Å². The van der Waals surface area contributed by atoms with Crippen molar-refractivity contribution in [1.82, 2.24) is 4.90 Å². The van der Waals surface area contributed by atoms with E-state index >= 15 is 0 Å². The Kier molecular flexibility index (Phi) is 4.71. The van der Waals surface area contributed by atoms with Crippen molar-refractivity contribution >= 4 is 11.9 Å². The lowest BCUT2D eigenvalue weighted by atomic mass is 9.71. The second-order valence-electron chi connectivity index (χ2n) is 6.99. The smallest absolute Gasteiger partial charge is 0.310 e. The summed E-state index contributed by atoms with van der Waals surface area (Å²) < 4.78 is 0. The Hall–Kier alpha value is -1.06. The molecule has 4 nitrogen and oxygen atoms in total. The van der Waals surface area contributed by atoms with Gasteiger partial charge in [0.2, 0.25) is 5.91 Å². The molecule has 2 aliphatic rings. The Bertz CT molecular complexity index is 368. The lowest BCUT2D eigenvalue weighted by molar-refractivity contribution is -0.156. The van der Waals surface area contributed by atoms with Crippen LogP contribution in [-0.4, -0.2) is 34.5 Å². The Balaban J connectivity index is 2.04. The molecule has 0 bridgehead atoms. The highest BCUT2D eigenvalue weighted by molar-refractivity contribution is 5.85. The van der Waals surface area contributed by atoms with Gasteiger partial charge in [-0.2, -0.15) is 0 Å². The molecule has 0 atom stereocenters. The molecule has 0 unspecified atom stereocenters. The van der Waals surface area contributed by atoms with Gasteiger partial charge in [0.1, 0.15) is 0 Å². The Morgan fingerprint density at radius 3 is 2.25 bits per heavy atom. The highest BCUT2D eigenvalue weighted by Gasteiger charge is 2.44. The third-order valence-electron chi connectivity index (χ3n) is 4.62. The molecule has 4 heteroatoms. The summed E-state index contributed by atoms with van der Waals surface area (Å²) in [6.07, 6.45) is 6.66. The van der Waals surface area contributed by atoms with E-state index in [9.17, 15) is 14.7 Å². The summed E-state index contributed by atoms with van der Waals surface area (Å²) in [4.78, 5) is 26.2. The second-order valence-corrected chi connectivity index (χ2v) is 6.99. The maximum atomic E-state index is 12.6. The van der Waals surface area contributed by atoms with Crippen molar-refractivity contribution in [3.8, 4) is 0 Å². The largest absolute Gasteiger partial charge is 0.481 e. The van der Waals surface area contributed by atoms with E-state index in [1.165, 1.54) is 0 Å². The normalized spacial score (nSPS) is 21.8. The lowest BCUT2D eigenvalue weighted by Gasteiger charge is -2.35. The van der Waals surface area contributed by atoms with Crippen molar-refractivity contribution in [3.05, 3.63) is 0 Å². The average molecular weight is 281 g/mol. The van der Waals surface area contributed by atoms with Gasteiger partial charge in [0, 0.05) is 19.0 Å². The van der Waals surface area contributed by atoms with Gasteiger partial charge in [-0.05, 0) is 31.6 Å². The van der Waals surface area contributed by atoms with Crippen molar-refractivity contribution in [2.75, 3.05) is 6.54 Å². The first kappa shape index (κ1) is 15.3. The molecule has 0 heterocycles. The maximum absolute atomic E-state index is 12.6. The van der Waals surface area contributed by atoms with Crippen LogP contribution in [0.4, 0.5) is 0 Å². The Morgan fingerprint density at radius 2 is 1.80 bits per heavy atom. The van der Waals surface area contributed by atoms with Gasteiger partial charge < -0.3 is 10.0 Å². The van der Waals surface area contributed by atoms with Crippen molar-refractivity contribution in [2.45, 2.75) is 71.3 Å². The maximum Gasteiger partial charge on any atom is 0.310 e. The van der Waals surface area contributed by atoms with E-state index in [2.05, 4.69) is 13.8 Å². The standard InChI is InChI=1S/C16H27NO3/c1-12(2)11-17(13-6-7-13)14(18)10-16(15(19)20)8-4-3-5-9-16/h12-13H,3-11H2,1-2H3,(H,19,20). The van der Waals surface area contributed by atoms with Crippen LogP contribution in [0.2, 0.25) is 0 Å². The van der Waals surface area contributed by atoms with Crippen LogP contribution < -0.4 is 0 Å². The zero-order valence-electron chi connectivity index (χ0n) is 12.7. The van der Waals surface area contributed by atoms with Crippen LogP contribution in [0.5, 0.6) is 0 Å². The van der Waals surface area contributed by atoms with Crippen LogP contribution in [0, 0.1) is 11.3 Å². The van der Waals surface area contributed by atoms with Gasteiger partial charge in [-0.1, -0.05) is 33.1 Å². The monoisotopic (exact) mass is 281 g/mol. The number of rotatable bonds is 6. The number of carbonyl (C=O) groups is 2. The van der Waals surface area contributed by atoms with Gasteiger partial charge in [0.05, 0.1) is 5.41 Å². The molecule has 2 fully saturated rings. The number of aliphatic carboxylic acids is 1.